The van der Waals surface area contributed by atoms with Crippen LogP contribution in [0.5, 0.6) is 11.5 Å². The summed E-state index contributed by atoms with van der Waals surface area (Å²) >= 11 is 0. The Balaban J connectivity index is 1.75. The summed E-state index contributed by atoms with van der Waals surface area (Å²) in [4.78, 5) is 16.8. The molecule has 3 aromatic rings. The van der Waals surface area contributed by atoms with Gasteiger partial charge >= 0.3 is 0 Å². The molecule has 2 aromatic heterocycles. The standard InChI is InChI=1S/C19H21N3O3/c1-12-13(2)22-11-15(6-8-18(22)20-12)21-19(23)10-14-5-7-16(24-3)17(9-14)25-4/h5-9,11H,10H2,1-4H3,(H,21,23). The molecule has 1 amide bonds. The average molecular weight is 339 g/mol. The van der Waals surface area contributed by atoms with Crippen molar-refractivity contribution in [2.24, 2.45) is 0 Å². The summed E-state index contributed by atoms with van der Waals surface area (Å²) in [6.07, 6.45) is 2.14. The number of rotatable bonds is 5. The van der Waals surface area contributed by atoms with Crippen LogP contribution in [0, 0.1) is 13.8 Å². The van der Waals surface area contributed by atoms with Gasteiger partial charge in [0.15, 0.2) is 11.5 Å². The Morgan fingerprint density at radius 3 is 2.60 bits per heavy atom. The fraction of sp³-hybridized carbons (Fsp3) is 0.263. The van der Waals surface area contributed by atoms with E-state index in [9.17, 15) is 4.79 Å². The number of anilines is 1. The maximum atomic E-state index is 12.4. The van der Waals surface area contributed by atoms with E-state index in [1.807, 2.05) is 48.7 Å². The van der Waals surface area contributed by atoms with E-state index in [1.165, 1.54) is 0 Å². The van der Waals surface area contributed by atoms with Crippen molar-refractivity contribution >= 4 is 17.2 Å². The molecule has 6 heteroatoms. The van der Waals surface area contributed by atoms with E-state index in [-0.39, 0.29) is 12.3 Å². The number of aryl methyl sites for hydroxylation is 2. The van der Waals surface area contributed by atoms with Crippen molar-refractivity contribution in [3.05, 3.63) is 53.5 Å². The van der Waals surface area contributed by atoms with Gasteiger partial charge in [0.1, 0.15) is 5.65 Å². The van der Waals surface area contributed by atoms with Gasteiger partial charge in [-0.3, -0.25) is 4.79 Å². The summed E-state index contributed by atoms with van der Waals surface area (Å²) in [6.45, 7) is 3.97. The first-order chi connectivity index (χ1) is 12.0. The normalized spacial score (nSPS) is 10.7. The number of aromatic nitrogens is 2. The van der Waals surface area contributed by atoms with E-state index in [0.29, 0.717) is 11.5 Å². The minimum Gasteiger partial charge on any atom is -0.493 e. The number of hydrogen-bond acceptors (Lipinski definition) is 4. The maximum absolute atomic E-state index is 12.4. The van der Waals surface area contributed by atoms with Crippen LogP contribution in [0.15, 0.2) is 36.5 Å². The highest BCUT2D eigenvalue weighted by molar-refractivity contribution is 5.92. The number of ether oxygens (including phenoxy) is 2. The molecule has 0 aliphatic carbocycles. The second kappa shape index (κ2) is 6.84. The first-order valence-electron chi connectivity index (χ1n) is 7.98. The van der Waals surface area contributed by atoms with E-state index in [4.69, 9.17) is 9.47 Å². The highest BCUT2D eigenvalue weighted by atomic mass is 16.5. The summed E-state index contributed by atoms with van der Waals surface area (Å²) in [5.74, 6) is 1.16. The molecule has 1 N–H and O–H groups in total. The minimum absolute atomic E-state index is 0.0962. The summed E-state index contributed by atoms with van der Waals surface area (Å²) in [5.41, 5.74) is 4.50. The van der Waals surface area contributed by atoms with Crippen LogP contribution in [0.2, 0.25) is 0 Å². The van der Waals surface area contributed by atoms with Gasteiger partial charge in [-0.2, -0.15) is 0 Å². The van der Waals surface area contributed by atoms with Crippen molar-refractivity contribution in [1.29, 1.82) is 0 Å². The van der Waals surface area contributed by atoms with Crippen molar-refractivity contribution in [2.75, 3.05) is 19.5 Å². The Morgan fingerprint density at radius 1 is 1.12 bits per heavy atom. The Labute approximate surface area is 146 Å². The van der Waals surface area contributed by atoms with Gasteiger partial charge in [-0.05, 0) is 43.7 Å². The van der Waals surface area contributed by atoms with E-state index in [2.05, 4.69) is 10.3 Å². The molecule has 0 saturated heterocycles. The van der Waals surface area contributed by atoms with Gasteiger partial charge in [0.2, 0.25) is 5.91 Å². The molecule has 0 fully saturated rings. The van der Waals surface area contributed by atoms with Crippen LogP contribution in [0.1, 0.15) is 17.0 Å². The van der Waals surface area contributed by atoms with Gasteiger partial charge in [-0.15, -0.1) is 0 Å². The first-order valence-corrected chi connectivity index (χ1v) is 7.98. The average Bonchev–Trinajstić information content (AvgIpc) is 2.89. The summed E-state index contributed by atoms with van der Waals surface area (Å²) in [6, 6.07) is 9.21. The van der Waals surface area contributed by atoms with Crippen LogP contribution in [0.3, 0.4) is 0 Å². The molecule has 3 rings (SSSR count). The lowest BCUT2D eigenvalue weighted by atomic mass is 10.1. The van der Waals surface area contributed by atoms with Crippen molar-refractivity contribution in [2.45, 2.75) is 20.3 Å². The van der Waals surface area contributed by atoms with Gasteiger partial charge in [0, 0.05) is 11.9 Å². The van der Waals surface area contributed by atoms with Crippen molar-refractivity contribution < 1.29 is 14.3 Å². The SMILES string of the molecule is COc1ccc(CC(=O)Nc2ccc3nc(C)c(C)n3c2)cc1OC. The van der Waals surface area contributed by atoms with Crippen molar-refractivity contribution in [3.8, 4) is 11.5 Å². The lowest BCUT2D eigenvalue weighted by Gasteiger charge is -2.10. The third-order valence-electron chi connectivity index (χ3n) is 4.19. The predicted octanol–water partition coefficient (Wildman–Crippen LogP) is 3.15. The number of pyridine rings is 1. The lowest BCUT2D eigenvalue weighted by molar-refractivity contribution is -0.115. The molecule has 0 bridgehead atoms. The quantitative estimate of drug-likeness (QED) is 0.775. The monoisotopic (exact) mass is 339 g/mol. The highest BCUT2D eigenvalue weighted by Gasteiger charge is 2.10. The molecule has 6 nitrogen and oxygen atoms in total. The Morgan fingerprint density at radius 2 is 1.88 bits per heavy atom. The van der Waals surface area contributed by atoms with Crippen molar-refractivity contribution in [1.82, 2.24) is 9.38 Å². The third kappa shape index (κ3) is 3.42. The molecule has 1 aromatic carbocycles. The number of methoxy groups -OCH3 is 2. The molecule has 0 atom stereocenters. The van der Waals surface area contributed by atoms with Crippen LogP contribution >= 0.6 is 0 Å². The zero-order chi connectivity index (χ0) is 18.0. The van der Waals surface area contributed by atoms with Gasteiger partial charge < -0.3 is 19.2 Å². The minimum atomic E-state index is -0.0962. The fourth-order valence-corrected chi connectivity index (χ4v) is 2.73. The number of carbonyl (C=O) groups excluding carboxylic acids is 1. The zero-order valence-corrected chi connectivity index (χ0v) is 14.8. The molecule has 0 unspecified atom stereocenters. The molecule has 0 radical (unpaired) electrons. The molecule has 0 spiro atoms. The van der Waals surface area contributed by atoms with Gasteiger partial charge in [0.25, 0.3) is 0 Å². The number of hydrogen-bond donors (Lipinski definition) is 1. The van der Waals surface area contributed by atoms with E-state index in [0.717, 1.165) is 28.3 Å². The van der Waals surface area contributed by atoms with Crippen LogP contribution in [-0.2, 0) is 11.2 Å². The molecule has 25 heavy (non-hydrogen) atoms. The second-order valence-corrected chi connectivity index (χ2v) is 5.84. The summed E-state index contributed by atoms with van der Waals surface area (Å²) < 4.78 is 12.5. The van der Waals surface area contributed by atoms with Gasteiger partial charge in [-0.1, -0.05) is 6.07 Å². The van der Waals surface area contributed by atoms with Crippen LogP contribution < -0.4 is 14.8 Å². The van der Waals surface area contributed by atoms with E-state index < -0.39 is 0 Å². The molecule has 0 saturated carbocycles. The number of fused-ring (bicyclic) bond motifs is 1. The van der Waals surface area contributed by atoms with Gasteiger partial charge in [0.05, 0.1) is 32.0 Å². The highest BCUT2D eigenvalue weighted by Crippen LogP contribution is 2.27. The fourth-order valence-electron chi connectivity index (χ4n) is 2.73. The first kappa shape index (κ1) is 16.8. The van der Waals surface area contributed by atoms with E-state index in [1.54, 1.807) is 20.3 Å². The van der Waals surface area contributed by atoms with Crippen LogP contribution in [0.4, 0.5) is 5.69 Å². The third-order valence-corrected chi connectivity index (χ3v) is 4.19. The summed E-state index contributed by atoms with van der Waals surface area (Å²) in [5, 5.41) is 2.93. The van der Waals surface area contributed by atoms with Gasteiger partial charge in [-0.25, -0.2) is 4.98 Å². The molecule has 0 aliphatic heterocycles. The summed E-state index contributed by atoms with van der Waals surface area (Å²) in [7, 11) is 3.16. The smallest absolute Gasteiger partial charge is 0.228 e. The molecule has 2 heterocycles. The number of carbonyl (C=O) groups is 1. The number of benzene rings is 1. The zero-order valence-electron chi connectivity index (χ0n) is 14.8. The largest absolute Gasteiger partial charge is 0.493 e. The molecular weight excluding hydrogens is 318 g/mol. The second-order valence-electron chi connectivity index (χ2n) is 5.84. The molecule has 130 valence electrons. The lowest BCUT2D eigenvalue weighted by Crippen LogP contribution is -2.15. The van der Waals surface area contributed by atoms with E-state index >= 15 is 0 Å². The predicted molar refractivity (Wildman–Crippen MR) is 96.5 cm³/mol. The number of nitrogens with zero attached hydrogens (tertiary/aromatic N) is 2. The number of imidazole rings is 1. The Bertz CT molecular complexity index is 931. The molecule has 0 aliphatic rings. The Kier molecular flexibility index (Phi) is 4.61. The Hall–Kier alpha value is -3.02. The van der Waals surface area contributed by atoms with Crippen LogP contribution in [0.25, 0.3) is 5.65 Å². The number of amides is 1. The molecular formula is C19H21N3O3. The van der Waals surface area contributed by atoms with Crippen LogP contribution in [-0.4, -0.2) is 29.5 Å². The van der Waals surface area contributed by atoms with Crippen molar-refractivity contribution in [3.63, 3.8) is 0 Å². The maximum Gasteiger partial charge on any atom is 0.228 e. The number of nitrogens with one attached hydrogen (secondary N) is 1. The topological polar surface area (TPSA) is 64.9 Å².